The Morgan fingerprint density at radius 2 is 2.19 bits per heavy atom. The van der Waals surface area contributed by atoms with E-state index in [1.54, 1.807) is 6.07 Å². The van der Waals surface area contributed by atoms with Gasteiger partial charge in [-0.05, 0) is 43.1 Å². The summed E-state index contributed by atoms with van der Waals surface area (Å²) in [6, 6.07) is 4.93. The van der Waals surface area contributed by atoms with Crippen molar-refractivity contribution >= 4 is 11.6 Å². The summed E-state index contributed by atoms with van der Waals surface area (Å²) < 4.78 is 12.8. The van der Waals surface area contributed by atoms with Crippen LogP contribution < -0.4 is 5.32 Å². The molecule has 0 bridgehead atoms. The van der Waals surface area contributed by atoms with Crippen LogP contribution in [0.25, 0.3) is 0 Å². The van der Waals surface area contributed by atoms with Crippen molar-refractivity contribution in [3.05, 3.63) is 47.3 Å². The van der Waals surface area contributed by atoms with Crippen LogP contribution in [-0.2, 0) is 6.42 Å². The summed E-state index contributed by atoms with van der Waals surface area (Å²) in [4.78, 5) is 0. The SMILES string of the molecule is Cc1cc(F)ccc1CCNC/C=C/CCl. The maximum absolute atomic E-state index is 12.8. The van der Waals surface area contributed by atoms with E-state index in [1.807, 2.05) is 25.1 Å². The molecule has 0 aliphatic carbocycles. The van der Waals surface area contributed by atoms with Crippen LogP contribution in [-0.4, -0.2) is 19.0 Å². The molecule has 0 fully saturated rings. The van der Waals surface area contributed by atoms with Gasteiger partial charge in [0.05, 0.1) is 0 Å². The summed E-state index contributed by atoms with van der Waals surface area (Å²) in [5, 5.41) is 3.27. The number of benzene rings is 1. The molecule has 3 heteroatoms. The molecule has 0 aromatic heterocycles. The molecule has 0 aliphatic rings. The molecular formula is C13H17ClFN. The standard InChI is InChI=1S/C13H17ClFN/c1-11-10-13(15)5-4-12(11)6-9-16-8-3-2-7-14/h2-5,10,16H,6-9H2,1H3/b3-2+. The molecule has 0 radical (unpaired) electrons. The molecule has 1 rings (SSSR count). The van der Waals surface area contributed by atoms with E-state index in [-0.39, 0.29) is 5.82 Å². The fourth-order valence-corrected chi connectivity index (χ4v) is 1.62. The molecule has 1 nitrogen and oxygen atoms in total. The van der Waals surface area contributed by atoms with Crippen molar-refractivity contribution in [2.24, 2.45) is 0 Å². The highest BCUT2D eigenvalue weighted by molar-refractivity contribution is 6.18. The number of hydrogen-bond acceptors (Lipinski definition) is 1. The van der Waals surface area contributed by atoms with Gasteiger partial charge in [-0.25, -0.2) is 4.39 Å². The average molecular weight is 242 g/mol. The number of aryl methyl sites for hydroxylation is 1. The average Bonchev–Trinajstić information content (AvgIpc) is 2.26. The largest absolute Gasteiger partial charge is 0.313 e. The Hall–Kier alpha value is -0.860. The number of allylic oxidation sites excluding steroid dienone is 1. The third-order valence-corrected chi connectivity index (χ3v) is 2.57. The molecule has 88 valence electrons. The third-order valence-electron chi connectivity index (χ3n) is 2.39. The maximum Gasteiger partial charge on any atom is 0.123 e. The minimum Gasteiger partial charge on any atom is -0.313 e. The molecule has 16 heavy (non-hydrogen) atoms. The Balaban J connectivity index is 2.29. The molecule has 1 aromatic carbocycles. The van der Waals surface area contributed by atoms with E-state index in [2.05, 4.69) is 5.32 Å². The lowest BCUT2D eigenvalue weighted by molar-refractivity contribution is 0.625. The second-order valence-corrected chi connectivity index (χ2v) is 3.96. The van der Waals surface area contributed by atoms with Crippen LogP contribution in [0.15, 0.2) is 30.4 Å². The lowest BCUT2D eigenvalue weighted by Gasteiger charge is -2.06. The van der Waals surface area contributed by atoms with Crippen molar-refractivity contribution in [3.63, 3.8) is 0 Å². The van der Waals surface area contributed by atoms with Crippen molar-refractivity contribution in [2.75, 3.05) is 19.0 Å². The zero-order valence-electron chi connectivity index (χ0n) is 9.47. The number of nitrogens with one attached hydrogen (secondary N) is 1. The van der Waals surface area contributed by atoms with Crippen LogP contribution in [0.5, 0.6) is 0 Å². The summed E-state index contributed by atoms with van der Waals surface area (Å²) in [6.07, 6.45) is 4.84. The van der Waals surface area contributed by atoms with Crippen molar-refractivity contribution in [1.82, 2.24) is 5.32 Å². The Bertz CT molecular complexity index is 350. The molecule has 0 aliphatic heterocycles. The van der Waals surface area contributed by atoms with Crippen LogP contribution in [0.4, 0.5) is 4.39 Å². The highest BCUT2D eigenvalue weighted by atomic mass is 35.5. The van der Waals surface area contributed by atoms with E-state index in [0.29, 0.717) is 5.88 Å². The normalized spacial score (nSPS) is 11.2. The minimum atomic E-state index is -0.167. The smallest absolute Gasteiger partial charge is 0.123 e. The summed E-state index contributed by atoms with van der Waals surface area (Å²) in [6.45, 7) is 3.65. The first-order chi connectivity index (χ1) is 7.74. The van der Waals surface area contributed by atoms with Gasteiger partial charge in [0.2, 0.25) is 0 Å². The second kappa shape index (κ2) is 7.42. The quantitative estimate of drug-likeness (QED) is 0.459. The number of halogens is 2. The van der Waals surface area contributed by atoms with E-state index in [0.717, 1.165) is 25.1 Å². The molecule has 0 atom stereocenters. The van der Waals surface area contributed by atoms with E-state index in [4.69, 9.17) is 11.6 Å². The predicted molar refractivity (Wildman–Crippen MR) is 67.6 cm³/mol. The van der Waals surface area contributed by atoms with Gasteiger partial charge in [-0.2, -0.15) is 0 Å². The van der Waals surface area contributed by atoms with Gasteiger partial charge >= 0.3 is 0 Å². The first kappa shape index (κ1) is 13.2. The fraction of sp³-hybridized carbons (Fsp3) is 0.385. The molecule has 0 spiro atoms. The summed E-state index contributed by atoms with van der Waals surface area (Å²) >= 11 is 5.50. The van der Waals surface area contributed by atoms with Gasteiger partial charge in [-0.3, -0.25) is 0 Å². The van der Waals surface area contributed by atoms with Crippen LogP contribution in [0, 0.1) is 12.7 Å². The Morgan fingerprint density at radius 1 is 1.38 bits per heavy atom. The molecular weight excluding hydrogens is 225 g/mol. The molecule has 0 heterocycles. The third kappa shape index (κ3) is 4.77. The predicted octanol–water partition coefficient (Wildman–Crippen LogP) is 3.06. The first-order valence-corrected chi connectivity index (χ1v) is 5.94. The number of rotatable bonds is 6. The van der Waals surface area contributed by atoms with E-state index in [1.165, 1.54) is 11.6 Å². The van der Waals surface area contributed by atoms with Gasteiger partial charge in [-0.1, -0.05) is 18.2 Å². The lowest BCUT2D eigenvalue weighted by Crippen LogP contribution is -2.17. The zero-order chi connectivity index (χ0) is 11.8. The van der Waals surface area contributed by atoms with Gasteiger partial charge in [0, 0.05) is 12.4 Å². The Morgan fingerprint density at radius 3 is 2.88 bits per heavy atom. The zero-order valence-corrected chi connectivity index (χ0v) is 10.2. The van der Waals surface area contributed by atoms with Gasteiger partial charge in [0.25, 0.3) is 0 Å². The monoisotopic (exact) mass is 241 g/mol. The molecule has 1 aromatic rings. The number of hydrogen-bond donors (Lipinski definition) is 1. The molecule has 1 N–H and O–H groups in total. The van der Waals surface area contributed by atoms with Crippen LogP contribution in [0.3, 0.4) is 0 Å². The summed E-state index contributed by atoms with van der Waals surface area (Å²) in [7, 11) is 0. The maximum atomic E-state index is 12.8. The molecule has 0 amide bonds. The van der Waals surface area contributed by atoms with Crippen molar-refractivity contribution in [2.45, 2.75) is 13.3 Å². The lowest BCUT2D eigenvalue weighted by atomic mass is 10.1. The molecule has 0 saturated carbocycles. The van der Waals surface area contributed by atoms with Gasteiger partial charge in [-0.15, -0.1) is 11.6 Å². The second-order valence-electron chi connectivity index (χ2n) is 3.65. The Kier molecular flexibility index (Phi) is 6.12. The fourth-order valence-electron chi connectivity index (χ4n) is 1.49. The van der Waals surface area contributed by atoms with E-state index in [9.17, 15) is 4.39 Å². The summed E-state index contributed by atoms with van der Waals surface area (Å²) in [5.41, 5.74) is 2.20. The van der Waals surface area contributed by atoms with Crippen LogP contribution in [0.1, 0.15) is 11.1 Å². The van der Waals surface area contributed by atoms with Crippen LogP contribution in [0.2, 0.25) is 0 Å². The van der Waals surface area contributed by atoms with Gasteiger partial charge in [0.15, 0.2) is 0 Å². The van der Waals surface area contributed by atoms with Crippen LogP contribution >= 0.6 is 11.6 Å². The summed E-state index contributed by atoms with van der Waals surface area (Å²) in [5.74, 6) is 0.387. The highest BCUT2D eigenvalue weighted by Gasteiger charge is 1.99. The van der Waals surface area contributed by atoms with E-state index < -0.39 is 0 Å². The molecule has 0 saturated heterocycles. The van der Waals surface area contributed by atoms with Crippen molar-refractivity contribution in [3.8, 4) is 0 Å². The van der Waals surface area contributed by atoms with Gasteiger partial charge < -0.3 is 5.32 Å². The van der Waals surface area contributed by atoms with Gasteiger partial charge in [0.1, 0.15) is 5.82 Å². The van der Waals surface area contributed by atoms with Crippen molar-refractivity contribution < 1.29 is 4.39 Å². The first-order valence-electron chi connectivity index (χ1n) is 5.40. The van der Waals surface area contributed by atoms with Crippen molar-refractivity contribution in [1.29, 1.82) is 0 Å². The van der Waals surface area contributed by atoms with E-state index >= 15 is 0 Å². The highest BCUT2D eigenvalue weighted by Crippen LogP contribution is 2.10. The topological polar surface area (TPSA) is 12.0 Å². The Labute approximate surface area is 101 Å². The molecule has 0 unspecified atom stereocenters. The minimum absolute atomic E-state index is 0.167. The number of alkyl halides is 1.